The van der Waals surface area contributed by atoms with Gasteiger partial charge in [-0.15, -0.1) is 0 Å². The lowest BCUT2D eigenvalue weighted by Crippen LogP contribution is -2.36. The Morgan fingerprint density at radius 1 is 1.03 bits per heavy atom. The largest absolute Gasteiger partial charge is 0.504 e. The number of benzene rings is 2. The van der Waals surface area contributed by atoms with Crippen molar-refractivity contribution in [3.05, 3.63) is 52.2 Å². The van der Waals surface area contributed by atoms with E-state index in [1.54, 1.807) is 0 Å². The van der Waals surface area contributed by atoms with E-state index in [-0.39, 0.29) is 28.2 Å². The van der Waals surface area contributed by atoms with Gasteiger partial charge in [0.2, 0.25) is 16.9 Å². The third-order valence-electron chi connectivity index (χ3n) is 5.68. The van der Waals surface area contributed by atoms with Crippen molar-refractivity contribution in [2.45, 2.75) is 19.3 Å². The number of phenols is 1. The predicted molar refractivity (Wildman–Crippen MR) is 118 cm³/mol. The maximum absolute atomic E-state index is 12.6. The van der Waals surface area contributed by atoms with Gasteiger partial charge in [-0.2, -0.15) is 0 Å². The summed E-state index contributed by atoms with van der Waals surface area (Å²) in [5.74, 6) is -0.478. The lowest BCUT2D eigenvalue weighted by atomic mass is 10.0. The van der Waals surface area contributed by atoms with E-state index in [0.29, 0.717) is 5.56 Å². The Kier molecular flexibility index (Phi) is 6.44. The smallest absolute Gasteiger partial charge is 0.235 e. The van der Waals surface area contributed by atoms with Gasteiger partial charge in [-0.05, 0) is 43.5 Å². The zero-order chi connectivity index (χ0) is 21.8. The Morgan fingerprint density at radius 3 is 2.48 bits per heavy atom. The molecule has 1 aliphatic rings. The zero-order valence-corrected chi connectivity index (χ0v) is 17.6. The van der Waals surface area contributed by atoms with E-state index >= 15 is 0 Å². The summed E-state index contributed by atoms with van der Waals surface area (Å²) >= 11 is 0. The third kappa shape index (κ3) is 4.52. The molecule has 0 atom stereocenters. The summed E-state index contributed by atoms with van der Waals surface area (Å²) in [6.45, 7) is 4.76. The van der Waals surface area contributed by atoms with E-state index in [9.17, 15) is 15.0 Å². The van der Waals surface area contributed by atoms with Crippen LogP contribution in [0.5, 0.6) is 17.2 Å². The van der Waals surface area contributed by atoms with Crippen LogP contribution in [0, 0.1) is 0 Å². The summed E-state index contributed by atoms with van der Waals surface area (Å²) in [5.41, 5.74) is 1.30. The maximum Gasteiger partial charge on any atom is 0.235 e. The molecule has 1 aliphatic heterocycles. The van der Waals surface area contributed by atoms with Crippen molar-refractivity contribution in [3.8, 4) is 28.6 Å². The van der Waals surface area contributed by atoms with Crippen molar-refractivity contribution in [2.24, 2.45) is 0 Å². The first kappa shape index (κ1) is 21.2. The van der Waals surface area contributed by atoms with Gasteiger partial charge in [0, 0.05) is 18.7 Å². The summed E-state index contributed by atoms with van der Waals surface area (Å²) in [6.07, 6.45) is 3.18. The molecule has 0 amide bonds. The predicted octanol–water partition coefficient (Wildman–Crippen LogP) is 3.53. The fourth-order valence-electron chi connectivity index (χ4n) is 3.92. The van der Waals surface area contributed by atoms with Crippen molar-refractivity contribution >= 4 is 11.0 Å². The molecule has 31 heavy (non-hydrogen) atoms. The number of fused-ring (bicyclic) bond motifs is 1. The molecule has 0 spiro atoms. The van der Waals surface area contributed by atoms with Crippen LogP contribution in [0.1, 0.15) is 18.4 Å². The average Bonchev–Trinajstić information content (AvgIpc) is 2.80. The number of phenolic OH excluding ortho intramolecular Hbond substituents is 1. The quantitative estimate of drug-likeness (QED) is 0.560. The molecule has 7 nitrogen and oxygen atoms in total. The second-order valence-corrected chi connectivity index (χ2v) is 7.71. The van der Waals surface area contributed by atoms with Gasteiger partial charge in [0.1, 0.15) is 0 Å². The fourth-order valence-corrected chi connectivity index (χ4v) is 3.92. The minimum Gasteiger partial charge on any atom is -0.504 e. The van der Waals surface area contributed by atoms with Crippen LogP contribution in [0.4, 0.5) is 0 Å². The summed E-state index contributed by atoms with van der Waals surface area (Å²) < 4.78 is 16.4. The summed E-state index contributed by atoms with van der Waals surface area (Å²) in [6, 6.07) is 10.4. The fraction of sp³-hybridized carbons (Fsp3) is 0.375. The van der Waals surface area contributed by atoms with Crippen molar-refractivity contribution in [2.75, 3.05) is 40.0 Å². The average molecular weight is 425 g/mol. The van der Waals surface area contributed by atoms with Crippen molar-refractivity contribution in [1.82, 2.24) is 4.90 Å². The molecule has 0 unspecified atom stereocenters. The Balaban J connectivity index is 1.49. The topological polar surface area (TPSA) is 92.4 Å². The molecule has 1 fully saturated rings. The minimum absolute atomic E-state index is 0.0558. The number of morpholine rings is 1. The van der Waals surface area contributed by atoms with Crippen LogP contribution < -0.4 is 10.2 Å². The van der Waals surface area contributed by atoms with Crippen LogP contribution in [-0.4, -0.2) is 55.1 Å². The van der Waals surface area contributed by atoms with Gasteiger partial charge in [-0.1, -0.05) is 24.3 Å². The van der Waals surface area contributed by atoms with Crippen molar-refractivity contribution in [1.29, 1.82) is 0 Å². The molecule has 4 rings (SSSR count). The first-order valence-corrected chi connectivity index (χ1v) is 10.5. The van der Waals surface area contributed by atoms with E-state index in [1.807, 2.05) is 24.3 Å². The van der Waals surface area contributed by atoms with Crippen molar-refractivity contribution in [3.63, 3.8) is 0 Å². The number of aryl methyl sites for hydroxylation is 1. The number of rotatable bonds is 7. The Labute approximate surface area is 180 Å². The highest BCUT2D eigenvalue weighted by atomic mass is 16.5. The van der Waals surface area contributed by atoms with E-state index in [2.05, 4.69) is 4.90 Å². The van der Waals surface area contributed by atoms with Crippen LogP contribution in [0.2, 0.25) is 0 Å². The molecule has 0 radical (unpaired) electrons. The Morgan fingerprint density at radius 2 is 1.77 bits per heavy atom. The third-order valence-corrected chi connectivity index (χ3v) is 5.68. The second kappa shape index (κ2) is 9.41. The summed E-state index contributed by atoms with van der Waals surface area (Å²) in [5, 5.41) is 20.6. The highest BCUT2D eigenvalue weighted by Crippen LogP contribution is 2.38. The standard InChI is InChI=1S/C24H27NO6/c1-29-24-19(26)10-9-18-20(27)21(28)22(31-23(18)24)17-7-5-16(6-8-17)4-2-3-11-25-12-14-30-15-13-25/h5-10,26,28H,2-4,11-15H2,1H3. The summed E-state index contributed by atoms with van der Waals surface area (Å²) in [7, 11) is 1.38. The van der Waals surface area contributed by atoms with Gasteiger partial charge in [0.15, 0.2) is 17.1 Å². The molecule has 0 aliphatic carbocycles. The molecule has 2 heterocycles. The number of hydrogen-bond donors (Lipinski definition) is 2. The van der Waals surface area contributed by atoms with Crippen molar-refractivity contribution < 1.29 is 24.1 Å². The van der Waals surface area contributed by atoms with E-state index in [4.69, 9.17) is 13.9 Å². The monoisotopic (exact) mass is 425 g/mol. The highest BCUT2D eigenvalue weighted by Gasteiger charge is 2.19. The highest BCUT2D eigenvalue weighted by molar-refractivity contribution is 5.88. The Hall–Kier alpha value is -3.03. The van der Waals surface area contributed by atoms with Gasteiger partial charge in [0.25, 0.3) is 0 Å². The molecule has 0 bridgehead atoms. The van der Waals surface area contributed by atoms with E-state index < -0.39 is 11.2 Å². The van der Waals surface area contributed by atoms with Gasteiger partial charge in [-0.3, -0.25) is 9.69 Å². The first-order chi connectivity index (χ1) is 15.1. The number of nitrogens with zero attached hydrogens (tertiary/aromatic N) is 1. The molecule has 1 aromatic heterocycles. The van der Waals surface area contributed by atoms with Crippen LogP contribution >= 0.6 is 0 Å². The van der Waals surface area contributed by atoms with Crippen LogP contribution in [0.15, 0.2) is 45.6 Å². The molecule has 2 aromatic carbocycles. The Bertz CT molecular complexity index is 1100. The lowest BCUT2D eigenvalue weighted by molar-refractivity contribution is 0.0372. The van der Waals surface area contributed by atoms with Crippen LogP contribution in [0.3, 0.4) is 0 Å². The van der Waals surface area contributed by atoms with E-state index in [1.165, 1.54) is 24.8 Å². The van der Waals surface area contributed by atoms with Gasteiger partial charge < -0.3 is 24.1 Å². The van der Waals surface area contributed by atoms with E-state index in [0.717, 1.165) is 52.1 Å². The lowest BCUT2D eigenvalue weighted by Gasteiger charge is -2.26. The summed E-state index contributed by atoms with van der Waals surface area (Å²) in [4.78, 5) is 15.0. The molecule has 2 N–H and O–H groups in total. The maximum atomic E-state index is 12.6. The molecule has 7 heteroatoms. The zero-order valence-electron chi connectivity index (χ0n) is 17.6. The van der Waals surface area contributed by atoms with Crippen LogP contribution in [-0.2, 0) is 11.2 Å². The minimum atomic E-state index is -0.568. The molecule has 0 saturated carbocycles. The molecular weight excluding hydrogens is 398 g/mol. The second-order valence-electron chi connectivity index (χ2n) is 7.71. The molecule has 3 aromatic rings. The number of aromatic hydroxyl groups is 2. The number of unbranched alkanes of at least 4 members (excludes halogenated alkanes) is 1. The number of hydrogen-bond acceptors (Lipinski definition) is 7. The molecule has 164 valence electrons. The van der Waals surface area contributed by atoms with Gasteiger partial charge in [0.05, 0.1) is 25.7 Å². The number of ether oxygens (including phenoxy) is 2. The van der Waals surface area contributed by atoms with Gasteiger partial charge in [-0.25, -0.2) is 0 Å². The molecular formula is C24H27NO6. The SMILES string of the molecule is COc1c(O)ccc2c(=O)c(O)c(-c3ccc(CCCCN4CCOCC4)cc3)oc12. The number of methoxy groups -OCH3 is 1. The van der Waals surface area contributed by atoms with Gasteiger partial charge >= 0.3 is 0 Å². The molecule has 1 saturated heterocycles. The normalized spacial score (nSPS) is 14.7. The first-order valence-electron chi connectivity index (χ1n) is 10.5. The van der Waals surface area contributed by atoms with Crippen LogP contribution in [0.25, 0.3) is 22.3 Å².